The predicted octanol–water partition coefficient (Wildman–Crippen LogP) is 6.27. The molecule has 0 heterocycles. The first-order valence-electron chi connectivity index (χ1n) is 8.17. The zero-order valence-corrected chi connectivity index (χ0v) is 13.2. The molecule has 4 aromatic rings. The van der Waals surface area contributed by atoms with Crippen LogP contribution in [0.3, 0.4) is 0 Å². The standard InChI is InChI=1S/C22H20/c1-3-15-5-7-17-9-12-20-19(21(17)13-15)11-10-18-8-6-16(4-2)14-22(18)20/h5-14H,3-4H2,1-2H3. The van der Waals surface area contributed by atoms with E-state index in [9.17, 15) is 0 Å². The summed E-state index contributed by atoms with van der Waals surface area (Å²) in [6.07, 6.45) is 2.17. The summed E-state index contributed by atoms with van der Waals surface area (Å²) in [6, 6.07) is 22.8. The van der Waals surface area contributed by atoms with Crippen molar-refractivity contribution < 1.29 is 0 Å². The molecule has 0 saturated carbocycles. The van der Waals surface area contributed by atoms with Crippen molar-refractivity contribution in [2.75, 3.05) is 0 Å². The van der Waals surface area contributed by atoms with Crippen molar-refractivity contribution in [3.05, 3.63) is 71.8 Å². The molecule has 0 spiro atoms. The van der Waals surface area contributed by atoms with Crippen LogP contribution in [0.15, 0.2) is 60.7 Å². The molecule has 0 radical (unpaired) electrons. The van der Waals surface area contributed by atoms with Gasteiger partial charge in [0.1, 0.15) is 0 Å². The third-order valence-electron chi connectivity index (χ3n) is 4.78. The Bertz CT molecular complexity index is 910. The van der Waals surface area contributed by atoms with Crippen LogP contribution in [-0.4, -0.2) is 0 Å². The summed E-state index contributed by atoms with van der Waals surface area (Å²) < 4.78 is 0. The Morgan fingerprint density at radius 2 is 0.909 bits per heavy atom. The fourth-order valence-electron chi connectivity index (χ4n) is 3.40. The van der Waals surface area contributed by atoms with Gasteiger partial charge >= 0.3 is 0 Å². The van der Waals surface area contributed by atoms with Crippen molar-refractivity contribution in [3.8, 4) is 0 Å². The SMILES string of the molecule is CCc1ccc2ccc3c4cc(CC)ccc4ccc3c2c1. The maximum atomic E-state index is 2.35. The van der Waals surface area contributed by atoms with Gasteiger partial charge in [-0.15, -0.1) is 0 Å². The fourth-order valence-corrected chi connectivity index (χ4v) is 3.40. The lowest BCUT2D eigenvalue weighted by atomic mass is 9.94. The summed E-state index contributed by atoms with van der Waals surface area (Å²) in [5.74, 6) is 0. The molecule has 4 aromatic carbocycles. The van der Waals surface area contributed by atoms with Crippen molar-refractivity contribution in [3.63, 3.8) is 0 Å². The quantitative estimate of drug-likeness (QED) is 0.380. The smallest absolute Gasteiger partial charge is 0.00989 e. The van der Waals surface area contributed by atoms with E-state index in [1.54, 1.807) is 0 Å². The Labute approximate surface area is 131 Å². The molecule has 4 rings (SSSR count). The van der Waals surface area contributed by atoms with Crippen LogP contribution in [0.2, 0.25) is 0 Å². The first-order valence-corrected chi connectivity index (χ1v) is 8.17. The van der Waals surface area contributed by atoms with E-state index in [0.29, 0.717) is 0 Å². The van der Waals surface area contributed by atoms with Crippen molar-refractivity contribution in [2.24, 2.45) is 0 Å². The summed E-state index contributed by atoms with van der Waals surface area (Å²) in [4.78, 5) is 0. The highest BCUT2D eigenvalue weighted by molar-refractivity contribution is 6.17. The second-order valence-corrected chi connectivity index (χ2v) is 6.04. The molecule has 0 bridgehead atoms. The molecule has 0 aliphatic rings. The van der Waals surface area contributed by atoms with Crippen LogP contribution in [0.4, 0.5) is 0 Å². The minimum atomic E-state index is 1.08. The number of hydrogen-bond acceptors (Lipinski definition) is 0. The monoisotopic (exact) mass is 284 g/mol. The topological polar surface area (TPSA) is 0 Å². The molecule has 0 heteroatoms. The average Bonchev–Trinajstić information content (AvgIpc) is 2.60. The van der Waals surface area contributed by atoms with E-state index in [1.807, 2.05) is 0 Å². The third-order valence-corrected chi connectivity index (χ3v) is 4.78. The van der Waals surface area contributed by atoms with E-state index < -0.39 is 0 Å². The van der Waals surface area contributed by atoms with Gasteiger partial charge in [-0.25, -0.2) is 0 Å². The molecular formula is C22H20. The van der Waals surface area contributed by atoms with Crippen molar-refractivity contribution in [1.29, 1.82) is 0 Å². The van der Waals surface area contributed by atoms with Gasteiger partial charge in [-0.05, 0) is 56.3 Å². The van der Waals surface area contributed by atoms with E-state index in [2.05, 4.69) is 74.5 Å². The number of aryl methyl sites for hydroxylation is 2. The normalized spacial score (nSPS) is 11.5. The summed E-state index contributed by atoms with van der Waals surface area (Å²) >= 11 is 0. The fraction of sp³-hybridized carbons (Fsp3) is 0.182. The molecule has 0 N–H and O–H groups in total. The largest absolute Gasteiger partial charge is 0.0613 e. The van der Waals surface area contributed by atoms with Crippen LogP contribution in [0.1, 0.15) is 25.0 Å². The Morgan fingerprint density at radius 3 is 1.32 bits per heavy atom. The minimum absolute atomic E-state index is 1.08. The Balaban J connectivity index is 2.15. The lowest BCUT2D eigenvalue weighted by Crippen LogP contribution is -1.85. The second kappa shape index (κ2) is 5.14. The Morgan fingerprint density at radius 1 is 0.500 bits per heavy atom. The van der Waals surface area contributed by atoms with Crippen LogP contribution in [-0.2, 0) is 12.8 Å². The molecule has 0 unspecified atom stereocenters. The Hall–Kier alpha value is -2.34. The molecular weight excluding hydrogens is 264 g/mol. The van der Waals surface area contributed by atoms with Crippen LogP contribution in [0.25, 0.3) is 32.3 Å². The number of hydrogen-bond donors (Lipinski definition) is 0. The number of fused-ring (bicyclic) bond motifs is 5. The molecule has 0 atom stereocenters. The highest BCUT2D eigenvalue weighted by Crippen LogP contribution is 2.32. The second-order valence-electron chi connectivity index (χ2n) is 6.04. The van der Waals surface area contributed by atoms with Crippen molar-refractivity contribution in [2.45, 2.75) is 26.7 Å². The van der Waals surface area contributed by atoms with E-state index >= 15 is 0 Å². The van der Waals surface area contributed by atoms with Gasteiger partial charge in [-0.3, -0.25) is 0 Å². The van der Waals surface area contributed by atoms with Gasteiger partial charge in [0.15, 0.2) is 0 Å². The maximum Gasteiger partial charge on any atom is -0.00989 e. The van der Waals surface area contributed by atoms with Crippen molar-refractivity contribution in [1.82, 2.24) is 0 Å². The summed E-state index contributed by atoms with van der Waals surface area (Å²) in [5, 5.41) is 8.15. The number of rotatable bonds is 2. The average molecular weight is 284 g/mol. The molecule has 0 saturated heterocycles. The first kappa shape index (κ1) is 13.3. The Kier molecular flexibility index (Phi) is 3.11. The van der Waals surface area contributed by atoms with Gasteiger partial charge in [0.05, 0.1) is 0 Å². The molecule has 0 aromatic heterocycles. The lowest BCUT2D eigenvalue weighted by Gasteiger charge is -2.10. The van der Waals surface area contributed by atoms with E-state index in [0.717, 1.165) is 12.8 Å². The van der Waals surface area contributed by atoms with Gasteiger partial charge in [0.25, 0.3) is 0 Å². The molecule has 0 fully saturated rings. The van der Waals surface area contributed by atoms with Crippen LogP contribution >= 0.6 is 0 Å². The van der Waals surface area contributed by atoms with Gasteiger partial charge in [0.2, 0.25) is 0 Å². The van der Waals surface area contributed by atoms with Crippen LogP contribution < -0.4 is 0 Å². The van der Waals surface area contributed by atoms with Crippen LogP contribution in [0, 0.1) is 0 Å². The van der Waals surface area contributed by atoms with Crippen molar-refractivity contribution >= 4 is 32.3 Å². The molecule has 0 aliphatic heterocycles. The van der Waals surface area contributed by atoms with E-state index in [-0.39, 0.29) is 0 Å². The summed E-state index contributed by atoms with van der Waals surface area (Å²) in [5.41, 5.74) is 2.81. The van der Waals surface area contributed by atoms with Gasteiger partial charge in [0, 0.05) is 0 Å². The zero-order chi connectivity index (χ0) is 15.1. The molecule has 22 heavy (non-hydrogen) atoms. The highest BCUT2D eigenvalue weighted by atomic mass is 14.1. The van der Waals surface area contributed by atoms with E-state index in [1.165, 1.54) is 43.4 Å². The van der Waals surface area contributed by atoms with E-state index in [4.69, 9.17) is 0 Å². The maximum absolute atomic E-state index is 2.35. The third kappa shape index (κ3) is 1.99. The predicted molar refractivity (Wildman–Crippen MR) is 97.7 cm³/mol. The minimum Gasteiger partial charge on any atom is -0.0613 e. The summed E-state index contributed by atoms with van der Waals surface area (Å²) in [7, 11) is 0. The lowest BCUT2D eigenvalue weighted by molar-refractivity contribution is 1.15. The highest BCUT2D eigenvalue weighted by Gasteiger charge is 2.06. The molecule has 0 nitrogen and oxygen atoms in total. The van der Waals surface area contributed by atoms with Gasteiger partial charge < -0.3 is 0 Å². The summed E-state index contributed by atoms with van der Waals surface area (Å²) in [6.45, 7) is 4.43. The van der Waals surface area contributed by atoms with Gasteiger partial charge in [-0.1, -0.05) is 74.5 Å². The van der Waals surface area contributed by atoms with Gasteiger partial charge in [-0.2, -0.15) is 0 Å². The molecule has 0 amide bonds. The zero-order valence-electron chi connectivity index (χ0n) is 13.2. The number of benzene rings is 4. The first-order chi connectivity index (χ1) is 10.8. The van der Waals surface area contributed by atoms with Crippen LogP contribution in [0.5, 0.6) is 0 Å². The molecule has 108 valence electrons. The molecule has 0 aliphatic carbocycles.